The van der Waals surface area contributed by atoms with Crippen molar-refractivity contribution in [2.75, 3.05) is 32.1 Å². The molecule has 0 bridgehead atoms. The van der Waals surface area contributed by atoms with Gasteiger partial charge in [-0.2, -0.15) is 0 Å². The standard InChI is InChI=1S/C14H18ClN3OS.ClH/c1-10(19)18(9-5-8-17(2)3)14-16-13-11(15)6-4-7-12(13)20-14;/h4,6-7H,5,8-9H2,1-3H3;1H. The largest absolute Gasteiger partial charge is 0.309 e. The van der Waals surface area contributed by atoms with Crippen LogP contribution in [0.5, 0.6) is 0 Å². The van der Waals surface area contributed by atoms with Gasteiger partial charge in [-0.25, -0.2) is 4.98 Å². The van der Waals surface area contributed by atoms with Crippen LogP contribution in [0.15, 0.2) is 18.2 Å². The van der Waals surface area contributed by atoms with Crippen LogP contribution in [0.2, 0.25) is 5.02 Å². The molecule has 2 rings (SSSR count). The molecule has 4 nitrogen and oxygen atoms in total. The summed E-state index contributed by atoms with van der Waals surface area (Å²) < 4.78 is 1.01. The number of carbonyl (C=O) groups is 1. The first-order valence-corrected chi connectivity index (χ1v) is 7.66. The highest BCUT2D eigenvalue weighted by Gasteiger charge is 2.16. The molecule has 7 heteroatoms. The van der Waals surface area contributed by atoms with Crippen LogP contribution in [0.25, 0.3) is 10.2 Å². The predicted octanol–water partition coefficient (Wildman–Crippen LogP) is 3.68. The number of aromatic nitrogens is 1. The van der Waals surface area contributed by atoms with Gasteiger partial charge in [-0.3, -0.25) is 9.69 Å². The van der Waals surface area contributed by atoms with E-state index in [1.807, 2.05) is 32.3 Å². The Bertz CT molecular complexity index is 615. The number of hydrogen-bond acceptors (Lipinski definition) is 4. The van der Waals surface area contributed by atoms with Crippen LogP contribution in [-0.2, 0) is 4.79 Å². The van der Waals surface area contributed by atoms with Crippen molar-refractivity contribution < 1.29 is 4.79 Å². The number of thiazole rings is 1. The first-order chi connectivity index (χ1) is 9.49. The van der Waals surface area contributed by atoms with Gasteiger partial charge in [-0.15, -0.1) is 12.4 Å². The molecule has 0 aliphatic rings. The fourth-order valence-corrected chi connectivity index (χ4v) is 3.29. The van der Waals surface area contributed by atoms with Crippen molar-refractivity contribution in [2.24, 2.45) is 0 Å². The number of benzene rings is 1. The van der Waals surface area contributed by atoms with Crippen molar-refractivity contribution >= 4 is 56.6 Å². The molecule has 0 N–H and O–H groups in total. The topological polar surface area (TPSA) is 36.4 Å². The fourth-order valence-electron chi connectivity index (χ4n) is 1.95. The van der Waals surface area contributed by atoms with Crippen molar-refractivity contribution in [2.45, 2.75) is 13.3 Å². The summed E-state index contributed by atoms with van der Waals surface area (Å²) in [4.78, 5) is 20.2. The molecule has 0 aliphatic carbocycles. The van der Waals surface area contributed by atoms with Crippen molar-refractivity contribution in [3.05, 3.63) is 23.2 Å². The first-order valence-electron chi connectivity index (χ1n) is 6.47. The Morgan fingerprint density at radius 1 is 1.33 bits per heavy atom. The van der Waals surface area contributed by atoms with E-state index < -0.39 is 0 Å². The van der Waals surface area contributed by atoms with Gasteiger partial charge in [-0.1, -0.05) is 29.0 Å². The smallest absolute Gasteiger partial charge is 0.225 e. The van der Waals surface area contributed by atoms with E-state index in [4.69, 9.17) is 11.6 Å². The lowest BCUT2D eigenvalue weighted by Crippen LogP contribution is -2.31. The number of para-hydroxylation sites is 1. The minimum absolute atomic E-state index is 0. The molecular formula is C14H19Cl2N3OS. The van der Waals surface area contributed by atoms with Gasteiger partial charge in [0.2, 0.25) is 5.91 Å². The van der Waals surface area contributed by atoms with Crippen LogP contribution >= 0.6 is 35.3 Å². The Morgan fingerprint density at radius 3 is 2.62 bits per heavy atom. The van der Waals surface area contributed by atoms with Crippen LogP contribution < -0.4 is 4.90 Å². The third kappa shape index (κ3) is 4.54. The second kappa shape index (κ2) is 7.94. The summed E-state index contributed by atoms with van der Waals surface area (Å²) in [5, 5.41) is 1.35. The molecule has 0 spiro atoms. The number of rotatable bonds is 5. The Kier molecular flexibility index (Phi) is 6.87. The third-order valence-corrected chi connectivity index (χ3v) is 4.31. The second-order valence-electron chi connectivity index (χ2n) is 4.91. The molecule has 1 heterocycles. The van der Waals surface area contributed by atoms with Crippen LogP contribution in [0.1, 0.15) is 13.3 Å². The number of halogens is 2. The van der Waals surface area contributed by atoms with Crippen LogP contribution in [0.3, 0.4) is 0 Å². The van der Waals surface area contributed by atoms with E-state index in [0.29, 0.717) is 11.6 Å². The molecule has 0 unspecified atom stereocenters. The Labute approximate surface area is 140 Å². The molecule has 0 aliphatic heterocycles. The number of carbonyl (C=O) groups excluding carboxylic acids is 1. The molecule has 21 heavy (non-hydrogen) atoms. The van der Waals surface area contributed by atoms with E-state index in [-0.39, 0.29) is 18.3 Å². The number of fused-ring (bicyclic) bond motifs is 1. The van der Waals surface area contributed by atoms with Crippen LogP contribution in [0, 0.1) is 0 Å². The lowest BCUT2D eigenvalue weighted by Gasteiger charge is -2.19. The molecule has 0 atom stereocenters. The molecule has 1 aromatic carbocycles. The summed E-state index contributed by atoms with van der Waals surface area (Å²) in [6.07, 6.45) is 0.913. The zero-order valence-electron chi connectivity index (χ0n) is 12.3. The second-order valence-corrected chi connectivity index (χ2v) is 6.33. The van der Waals surface area contributed by atoms with Gasteiger partial charge in [-0.05, 0) is 39.2 Å². The number of hydrogen-bond donors (Lipinski definition) is 0. The minimum atomic E-state index is 0. The van der Waals surface area contributed by atoms with Crippen LogP contribution in [-0.4, -0.2) is 43.0 Å². The van der Waals surface area contributed by atoms with Crippen molar-refractivity contribution in [1.82, 2.24) is 9.88 Å². The lowest BCUT2D eigenvalue weighted by molar-refractivity contribution is -0.116. The summed E-state index contributed by atoms with van der Waals surface area (Å²) in [5.41, 5.74) is 0.771. The lowest BCUT2D eigenvalue weighted by atomic mass is 10.3. The van der Waals surface area contributed by atoms with Crippen LogP contribution in [0.4, 0.5) is 5.13 Å². The number of anilines is 1. The SMILES string of the molecule is CC(=O)N(CCCN(C)C)c1nc2c(Cl)cccc2s1.Cl. The van der Waals surface area contributed by atoms with Gasteiger partial charge < -0.3 is 4.90 Å². The molecule has 116 valence electrons. The zero-order chi connectivity index (χ0) is 14.7. The quantitative estimate of drug-likeness (QED) is 0.827. The Morgan fingerprint density at radius 2 is 2.05 bits per heavy atom. The van der Waals surface area contributed by atoms with Crippen molar-refractivity contribution in [1.29, 1.82) is 0 Å². The molecule has 0 saturated carbocycles. The summed E-state index contributed by atoms with van der Waals surface area (Å²) in [5.74, 6) is 0.0129. The Balaban J connectivity index is 0.00000220. The highest BCUT2D eigenvalue weighted by atomic mass is 35.5. The molecule has 1 amide bonds. The summed E-state index contributed by atoms with van der Waals surface area (Å²) in [7, 11) is 4.05. The van der Waals surface area contributed by atoms with Gasteiger partial charge >= 0.3 is 0 Å². The molecule has 0 fully saturated rings. The van der Waals surface area contributed by atoms with Gasteiger partial charge in [0.1, 0.15) is 5.52 Å². The average molecular weight is 348 g/mol. The summed E-state index contributed by atoms with van der Waals surface area (Å²) in [6.45, 7) is 3.18. The van der Waals surface area contributed by atoms with E-state index >= 15 is 0 Å². The van der Waals surface area contributed by atoms with E-state index in [0.717, 1.165) is 28.3 Å². The van der Waals surface area contributed by atoms with Crippen molar-refractivity contribution in [3.8, 4) is 0 Å². The minimum Gasteiger partial charge on any atom is -0.309 e. The summed E-state index contributed by atoms with van der Waals surface area (Å²) >= 11 is 7.64. The maximum atomic E-state index is 11.8. The molecule has 2 aromatic rings. The molecule has 0 radical (unpaired) electrons. The van der Waals surface area contributed by atoms with E-state index in [1.54, 1.807) is 11.8 Å². The number of nitrogens with zero attached hydrogens (tertiary/aromatic N) is 3. The van der Waals surface area contributed by atoms with Gasteiger partial charge in [0.25, 0.3) is 0 Å². The average Bonchev–Trinajstić information content (AvgIpc) is 2.78. The molecule has 0 saturated heterocycles. The number of amides is 1. The van der Waals surface area contributed by atoms with Gasteiger partial charge in [0, 0.05) is 13.5 Å². The van der Waals surface area contributed by atoms with Crippen molar-refractivity contribution in [3.63, 3.8) is 0 Å². The highest BCUT2D eigenvalue weighted by molar-refractivity contribution is 7.22. The normalized spacial score (nSPS) is 10.7. The Hall–Kier alpha value is -0.880. The van der Waals surface area contributed by atoms with E-state index in [9.17, 15) is 4.79 Å². The monoisotopic (exact) mass is 347 g/mol. The molecule has 1 aromatic heterocycles. The van der Waals surface area contributed by atoms with Gasteiger partial charge in [0.15, 0.2) is 5.13 Å². The maximum absolute atomic E-state index is 11.8. The molecular weight excluding hydrogens is 329 g/mol. The predicted molar refractivity (Wildman–Crippen MR) is 93.1 cm³/mol. The third-order valence-electron chi connectivity index (χ3n) is 2.96. The zero-order valence-corrected chi connectivity index (χ0v) is 14.7. The summed E-state index contributed by atoms with van der Waals surface area (Å²) in [6, 6.07) is 5.69. The van der Waals surface area contributed by atoms with E-state index in [1.165, 1.54) is 11.3 Å². The van der Waals surface area contributed by atoms with E-state index in [2.05, 4.69) is 9.88 Å². The maximum Gasteiger partial charge on any atom is 0.225 e. The van der Waals surface area contributed by atoms with Gasteiger partial charge in [0.05, 0.1) is 9.72 Å². The first kappa shape index (κ1) is 18.2. The highest BCUT2D eigenvalue weighted by Crippen LogP contribution is 2.32. The fraction of sp³-hybridized carbons (Fsp3) is 0.429.